The molecule has 2 unspecified atom stereocenters. The molecule has 2 aromatic carbocycles. The summed E-state index contributed by atoms with van der Waals surface area (Å²) in [6, 6.07) is 16.5. The fourth-order valence-corrected chi connectivity index (χ4v) is 5.82. The molecule has 1 fully saturated rings. The highest BCUT2D eigenvalue weighted by atomic mass is 32.2. The van der Waals surface area contributed by atoms with Gasteiger partial charge in [-0.05, 0) is 55.6 Å². The molecule has 30 heavy (non-hydrogen) atoms. The first-order valence-corrected chi connectivity index (χ1v) is 12.5. The van der Waals surface area contributed by atoms with E-state index in [1.165, 1.54) is 47.7 Å². The number of unbranched alkanes of at least 4 members (excludes halogenated alkanes) is 3. The Balaban J connectivity index is 1.43. The number of hydroxylamine groups is 2. The van der Waals surface area contributed by atoms with E-state index >= 15 is 0 Å². The first kappa shape index (κ1) is 21.6. The zero-order valence-corrected chi connectivity index (χ0v) is 19.3. The lowest BCUT2D eigenvalue weighted by molar-refractivity contribution is 0.323. The minimum Gasteiger partial charge on any atom is -0.623 e. The topological polar surface area (TPSA) is 51.2 Å². The minimum atomic E-state index is -0.455. The average molecular weight is 443 g/mol. The zero-order valence-electron chi connectivity index (χ0n) is 17.7. The third-order valence-corrected chi connectivity index (χ3v) is 7.75. The number of likely N-dealkylation sites (N-methyl/N-ethyl adjacent to an activating group) is 1. The molecule has 1 aliphatic heterocycles. The number of nitrogens with one attached hydrogen (secondary N) is 1. The molecule has 0 radical (unpaired) electrons. The Bertz CT molecular complexity index is 928. The third kappa shape index (κ3) is 4.81. The van der Waals surface area contributed by atoms with E-state index in [4.69, 9.17) is 0 Å². The van der Waals surface area contributed by atoms with E-state index in [2.05, 4.69) is 46.4 Å². The molecule has 1 aromatic heterocycles. The number of nitrogens with zero attached hydrogens (tertiary/aromatic N) is 3. The number of quaternary nitrogens is 1. The van der Waals surface area contributed by atoms with Crippen LogP contribution < -0.4 is 9.96 Å². The van der Waals surface area contributed by atoms with Crippen molar-refractivity contribution >= 4 is 44.1 Å². The smallest absolute Gasteiger partial charge is 0.290 e. The predicted octanol–water partition coefficient (Wildman–Crippen LogP) is 6.11. The predicted molar refractivity (Wildman–Crippen MR) is 131 cm³/mol. The monoisotopic (exact) mass is 442 g/mol. The zero-order chi connectivity index (χ0) is 21.0. The standard InChI is InChI=1S/C23H30N4OS2/c1-3-4-5-8-15-29-19-13-11-18(12-14-19)24-22-16-26(2)17-27(22,28)23-25-20-9-6-7-10-21(20)30-23/h6-7,9-14,22,24H,3-5,8,15-17H2,1-2H3. The van der Waals surface area contributed by atoms with Gasteiger partial charge >= 0.3 is 0 Å². The van der Waals surface area contributed by atoms with Crippen molar-refractivity contribution < 1.29 is 0 Å². The van der Waals surface area contributed by atoms with Crippen LogP contribution in [0.1, 0.15) is 32.6 Å². The SMILES string of the molecule is CCCCCCSc1ccc(NC2CN(C)C[N+]2([O-])c2nc3ccccc3s2)cc1. The number of hydrogen-bond acceptors (Lipinski definition) is 6. The number of rotatable bonds is 9. The molecule has 1 N–H and O–H groups in total. The van der Waals surface area contributed by atoms with Crippen LogP contribution in [0.15, 0.2) is 53.4 Å². The van der Waals surface area contributed by atoms with Crippen molar-refractivity contribution in [2.75, 3.05) is 31.3 Å². The number of thiazole rings is 1. The number of fused-ring (bicyclic) bond motifs is 1. The lowest BCUT2D eigenvalue weighted by Crippen LogP contribution is -2.52. The van der Waals surface area contributed by atoms with Crippen LogP contribution >= 0.6 is 23.1 Å². The molecule has 0 aliphatic carbocycles. The van der Waals surface area contributed by atoms with Crippen molar-refractivity contribution in [3.05, 3.63) is 53.7 Å². The van der Waals surface area contributed by atoms with E-state index in [0.29, 0.717) is 18.3 Å². The molecule has 5 nitrogen and oxygen atoms in total. The maximum absolute atomic E-state index is 13.9. The molecule has 0 spiro atoms. The van der Waals surface area contributed by atoms with Crippen molar-refractivity contribution in [2.24, 2.45) is 0 Å². The van der Waals surface area contributed by atoms with Crippen LogP contribution in [0, 0.1) is 5.21 Å². The van der Waals surface area contributed by atoms with Crippen LogP contribution in [0.4, 0.5) is 10.8 Å². The van der Waals surface area contributed by atoms with Crippen molar-refractivity contribution in [1.29, 1.82) is 0 Å². The second-order valence-corrected chi connectivity index (χ2v) is 10.2. The van der Waals surface area contributed by atoms with Gasteiger partial charge < -0.3 is 10.5 Å². The summed E-state index contributed by atoms with van der Waals surface area (Å²) in [5.41, 5.74) is 1.89. The van der Waals surface area contributed by atoms with Crippen molar-refractivity contribution in [3.8, 4) is 0 Å². The second kappa shape index (κ2) is 9.66. The minimum absolute atomic E-state index is 0.275. The Morgan fingerprint density at radius 2 is 1.97 bits per heavy atom. The summed E-state index contributed by atoms with van der Waals surface area (Å²) in [6.07, 6.45) is 4.91. The third-order valence-electron chi connectivity index (χ3n) is 5.50. The van der Waals surface area contributed by atoms with Gasteiger partial charge in [0, 0.05) is 10.6 Å². The number of hydrogen-bond donors (Lipinski definition) is 1. The maximum Gasteiger partial charge on any atom is 0.290 e. The van der Waals surface area contributed by atoms with Gasteiger partial charge in [0.1, 0.15) is 6.67 Å². The Morgan fingerprint density at radius 3 is 2.73 bits per heavy atom. The summed E-state index contributed by atoms with van der Waals surface area (Å²) in [4.78, 5) is 8.04. The van der Waals surface area contributed by atoms with Crippen LogP contribution in [0.3, 0.4) is 0 Å². The molecule has 1 aliphatic rings. The molecular weight excluding hydrogens is 412 g/mol. The average Bonchev–Trinajstić information content (AvgIpc) is 3.30. The molecule has 1 saturated heterocycles. The lowest BCUT2D eigenvalue weighted by atomic mass is 10.2. The Labute approximate surface area is 187 Å². The van der Waals surface area contributed by atoms with E-state index in [9.17, 15) is 5.21 Å². The number of benzene rings is 2. The first-order chi connectivity index (χ1) is 14.6. The maximum atomic E-state index is 13.9. The lowest BCUT2D eigenvalue weighted by Gasteiger charge is -2.40. The molecule has 0 saturated carbocycles. The van der Waals surface area contributed by atoms with Gasteiger partial charge in [-0.25, -0.2) is 0 Å². The number of para-hydroxylation sites is 1. The summed E-state index contributed by atoms with van der Waals surface area (Å²) in [6.45, 7) is 3.34. The number of aromatic nitrogens is 1. The highest BCUT2D eigenvalue weighted by molar-refractivity contribution is 7.99. The van der Waals surface area contributed by atoms with Gasteiger partial charge in [0.2, 0.25) is 0 Å². The summed E-state index contributed by atoms with van der Waals surface area (Å²) in [7, 11) is 2.00. The summed E-state index contributed by atoms with van der Waals surface area (Å²) in [5.74, 6) is 1.17. The molecule has 0 amide bonds. The van der Waals surface area contributed by atoms with Gasteiger partial charge in [-0.1, -0.05) is 49.7 Å². The number of anilines is 1. The van der Waals surface area contributed by atoms with E-state index in [1.54, 1.807) is 0 Å². The van der Waals surface area contributed by atoms with Gasteiger partial charge in [-0.3, -0.25) is 9.55 Å². The molecule has 7 heteroatoms. The van der Waals surface area contributed by atoms with Gasteiger partial charge in [0.15, 0.2) is 6.17 Å². The summed E-state index contributed by atoms with van der Waals surface area (Å²) >= 11 is 3.42. The van der Waals surface area contributed by atoms with Crippen molar-refractivity contribution in [3.63, 3.8) is 0 Å². The van der Waals surface area contributed by atoms with Gasteiger partial charge in [0.05, 0.1) is 16.8 Å². The van der Waals surface area contributed by atoms with Gasteiger partial charge in [-0.15, -0.1) is 11.8 Å². The largest absolute Gasteiger partial charge is 0.623 e. The van der Waals surface area contributed by atoms with Crippen LogP contribution in [-0.2, 0) is 0 Å². The van der Waals surface area contributed by atoms with E-state index in [1.807, 2.05) is 43.1 Å². The summed E-state index contributed by atoms with van der Waals surface area (Å²) < 4.78 is 0.610. The van der Waals surface area contributed by atoms with E-state index < -0.39 is 4.65 Å². The van der Waals surface area contributed by atoms with Gasteiger partial charge in [0.25, 0.3) is 5.13 Å². The first-order valence-electron chi connectivity index (χ1n) is 10.7. The molecule has 160 valence electrons. The van der Waals surface area contributed by atoms with Crippen molar-refractivity contribution in [1.82, 2.24) is 14.5 Å². The van der Waals surface area contributed by atoms with Crippen LogP contribution in [0.5, 0.6) is 0 Å². The Kier molecular flexibility index (Phi) is 6.95. The molecule has 4 rings (SSSR count). The molecule has 3 aromatic rings. The van der Waals surface area contributed by atoms with Gasteiger partial charge in [-0.2, -0.15) is 4.98 Å². The number of thioether (sulfide) groups is 1. The van der Waals surface area contributed by atoms with Crippen LogP contribution in [0.25, 0.3) is 10.2 Å². The Morgan fingerprint density at radius 1 is 1.17 bits per heavy atom. The molecule has 2 atom stereocenters. The second-order valence-electron chi connectivity index (χ2n) is 8.03. The van der Waals surface area contributed by atoms with Crippen LogP contribution in [-0.4, -0.2) is 42.1 Å². The molecule has 0 bridgehead atoms. The fourth-order valence-electron chi connectivity index (χ4n) is 3.87. The molecule has 2 heterocycles. The highest BCUT2D eigenvalue weighted by Gasteiger charge is 2.42. The molecular formula is C23H30N4OS2. The highest BCUT2D eigenvalue weighted by Crippen LogP contribution is 2.37. The van der Waals surface area contributed by atoms with E-state index in [-0.39, 0.29) is 6.17 Å². The van der Waals surface area contributed by atoms with E-state index in [0.717, 1.165) is 15.9 Å². The normalized spacial score (nSPS) is 22.0. The quantitative estimate of drug-likeness (QED) is 0.187. The van der Waals surface area contributed by atoms with Crippen LogP contribution in [0.2, 0.25) is 0 Å². The fraction of sp³-hybridized carbons (Fsp3) is 0.435. The Hall–Kier alpha value is -1.64. The summed E-state index contributed by atoms with van der Waals surface area (Å²) in [5, 5.41) is 18.0. The van der Waals surface area contributed by atoms with Crippen molar-refractivity contribution in [2.45, 2.75) is 43.7 Å².